The molecule has 2 N–H and O–H groups in total. The number of rotatable bonds is 7. The minimum Gasteiger partial charge on any atom is -0.396 e. The first-order valence-corrected chi connectivity index (χ1v) is 6.45. The van der Waals surface area contributed by atoms with E-state index in [0.29, 0.717) is 12.2 Å². The summed E-state index contributed by atoms with van der Waals surface area (Å²) in [4.78, 5) is 10.6. The van der Waals surface area contributed by atoms with Gasteiger partial charge in [0.05, 0.1) is 4.92 Å². The normalized spacial score (nSPS) is 11.4. The van der Waals surface area contributed by atoms with Crippen molar-refractivity contribution in [2.45, 2.75) is 33.6 Å². The van der Waals surface area contributed by atoms with Crippen LogP contribution in [0, 0.1) is 22.5 Å². The lowest BCUT2D eigenvalue weighted by atomic mass is 9.88. The Balaban J connectivity index is 2.75. The zero-order chi connectivity index (χ0) is 14.5. The Morgan fingerprint density at radius 3 is 2.68 bits per heavy atom. The molecular formula is C14H22N2O3. The first-order chi connectivity index (χ1) is 8.85. The van der Waals surface area contributed by atoms with E-state index < -0.39 is 0 Å². The largest absolute Gasteiger partial charge is 0.396 e. The van der Waals surface area contributed by atoms with Gasteiger partial charge >= 0.3 is 0 Å². The molecule has 0 aromatic heterocycles. The maximum Gasteiger partial charge on any atom is 0.292 e. The zero-order valence-electron chi connectivity index (χ0n) is 11.8. The van der Waals surface area contributed by atoms with Crippen molar-refractivity contribution in [2.24, 2.45) is 5.41 Å². The molecule has 1 rings (SSSR count). The number of aryl methyl sites for hydroxylation is 1. The van der Waals surface area contributed by atoms with Crippen LogP contribution in [0.3, 0.4) is 0 Å². The third kappa shape index (κ3) is 4.87. The predicted molar refractivity (Wildman–Crippen MR) is 76.4 cm³/mol. The molecule has 0 saturated carbocycles. The zero-order valence-corrected chi connectivity index (χ0v) is 11.8. The minimum atomic E-state index is -0.365. The summed E-state index contributed by atoms with van der Waals surface area (Å²) in [6, 6.07) is 5.18. The molecule has 1 aromatic rings. The molecule has 5 nitrogen and oxygen atoms in total. The molecular weight excluding hydrogens is 244 g/mol. The molecule has 0 fully saturated rings. The van der Waals surface area contributed by atoms with E-state index in [-0.39, 0.29) is 22.6 Å². The number of hydrogen-bond donors (Lipinski definition) is 2. The van der Waals surface area contributed by atoms with Crippen LogP contribution in [0.5, 0.6) is 0 Å². The molecule has 106 valence electrons. The lowest BCUT2D eigenvalue weighted by Gasteiger charge is -2.25. The van der Waals surface area contributed by atoms with Gasteiger partial charge in [-0.05, 0) is 36.8 Å². The topological polar surface area (TPSA) is 75.4 Å². The van der Waals surface area contributed by atoms with Crippen LogP contribution in [0.4, 0.5) is 11.4 Å². The lowest BCUT2D eigenvalue weighted by molar-refractivity contribution is -0.384. The van der Waals surface area contributed by atoms with Crippen LogP contribution in [0.2, 0.25) is 0 Å². The SMILES string of the molecule is Cc1ccc(NCC(C)(C)CCCO)c([N+](=O)[O-])c1. The van der Waals surface area contributed by atoms with Crippen molar-refractivity contribution < 1.29 is 10.0 Å². The van der Waals surface area contributed by atoms with Gasteiger partial charge in [-0.1, -0.05) is 19.9 Å². The van der Waals surface area contributed by atoms with Gasteiger partial charge in [0.2, 0.25) is 0 Å². The van der Waals surface area contributed by atoms with Crippen LogP contribution < -0.4 is 5.32 Å². The van der Waals surface area contributed by atoms with E-state index in [4.69, 9.17) is 5.11 Å². The Labute approximate surface area is 113 Å². The second kappa shape index (κ2) is 6.52. The summed E-state index contributed by atoms with van der Waals surface area (Å²) in [6.07, 6.45) is 1.61. The quantitative estimate of drug-likeness (QED) is 0.587. The van der Waals surface area contributed by atoms with Crippen molar-refractivity contribution in [3.05, 3.63) is 33.9 Å². The molecule has 5 heteroatoms. The smallest absolute Gasteiger partial charge is 0.292 e. The van der Waals surface area contributed by atoms with E-state index >= 15 is 0 Å². The molecule has 0 bridgehead atoms. The highest BCUT2D eigenvalue weighted by molar-refractivity contribution is 5.62. The number of nitrogens with one attached hydrogen (secondary N) is 1. The Bertz CT molecular complexity index is 444. The Hall–Kier alpha value is -1.62. The van der Waals surface area contributed by atoms with Crippen LogP contribution in [0.1, 0.15) is 32.3 Å². The van der Waals surface area contributed by atoms with Crippen molar-refractivity contribution in [2.75, 3.05) is 18.5 Å². The van der Waals surface area contributed by atoms with Crippen LogP contribution in [0.25, 0.3) is 0 Å². The Morgan fingerprint density at radius 1 is 1.42 bits per heavy atom. The number of benzene rings is 1. The van der Waals surface area contributed by atoms with Crippen LogP contribution in [-0.2, 0) is 0 Å². The number of nitro benzene ring substituents is 1. The van der Waals surface area contributed by atoms with Crippen molar-refractivity contribution in [1.82, 2.24) is 0 Å². The first kappa shape index (κ1) is 15.4. The summed E-state index contributed by atoms with van der Waals surface area (Å²) >= 11 is 0. The van der Waals surface area contributed by atoms with E-state index in [2.05, 4.69) is 19.2 Å². The van der Waals surface area contributed by atoms with Gasteiger partial charge in [0.25, 0.3) is 5.69 Å². The third-order valence-electron chi connectivity index (χ3n) is 3.12. The second-order valence-electron chi connectivity index (χ2n) is 5.62. The minimum absolute atomic E-state index is 0.0124. The summed E-state index contributed by atoms with van der Waals surface area (Å²) < 4.78 is 0. The summed E-state index contributed by atoms with van der Waals surface area (Å²) in [7, 11) is 0. The van der Waals surface area contributed by atoms with Gasteiger partial charge < -0.3 is 10.4 Å². The highest BCUT2D eigenvalue weighted by atomic mass is 16.6. The monoisotopic (exact) mass is 266 g/mol. The highest BCUT2D eigenvalue weighted by Gasteiger charge is 2.20. The summed E-state index contributed by atoms with van der Waals surface area (Å²) in [6.45, 7) is 6.80. The van der Waals surface area contributed by atoms with Gasteiger partial charge in [-0.3, -0.25) is 10.1 Å². The van der Waals surface area contributed by atoms with Gasteiger partial charge in [-0.25, -0.2) is 0 Å². The van der Waals surface area contributed by atoms with E-state index in [9.17, 15) is 10.1 Å². The van der Waals surface area contributed by atoms with E-state index in [1.165, 1.54) is 0 Å². The molecule has 0 aliphatic rings. The van der Waals surface area contributed by atoms with Crippen LogP contribution >= 0.6 is 0 Å². The van der Waals surface area contributed by atoms with Crippen LogP contribution in [0.15, 0.2) is 18.2 Å². The van der Waals surface area contributed by atoms with E-state index in [0.717, 1.165) is 18.4 Å². The fraction of sp³-hybridized carbons (Fsp3) is 0.571. The average molecular weight is 266 g/mol. The molecule has 0 amide bonds. The molecule has 0 radical (unpaired) electrons. The van der Waals surface area contributed by atoms with Gasteiger partial charge in [0.15, 0.2) is 0 Å². The van der Waals surface area contributed by atoms with Gasteiger partial charge in [0.1, 0.15) is 5.69 Å². The van der Waals surface area contributed by atoms with Crippen molar-refractivity contribution in [1.29, 1.82) is 0 Å². The Kier molecular flexibility index (Phi) is 5.30. The number of hydrogen-bond acceptors (Lipinski definition) is 4. The number of nitrogens with zero attached hydrogens (tertiary/aromatic N) is 1. The highest BCUT2D eigenvalue weighted by Crippen LogP contribution is 2.28. The van der Waals surface area contributed by atoms with E-state index in [1.807, 2.05) is 13.0 Å². The van der Waals surface area contributed by atoms with Gasteiger partial charge in [-0.2, -0.15) is 0 Å². The average Bonchev–Trinajstić information content (AvgIpc) is 2.35. The van der Waals surface area contributed by atoms with Crippen LogP contribution in [-0.4, -0.2) is 23.2 Å². The molecule has 19 heavy (non-hydrogen) atoms. The number of nitro groups is 1. The maximum absolute atomic E-state index is 11.0. The van der Waals surface area contributed by atoms with Crippen molar-refractivity contribution in [3.8, 4) is 0 Å². The molecule has 0 aliphatic heterocycles. The first-order valence-electron chi connectivity index (χ1n) is 6.45. The predicted octanol–water partition coefficient (Wildman–Crippen LogP) is 3.11. The molecule has 0 heterocycles. The fourth-order valence-corrected chi connectivity index (χ4v) is 1.92. The standard InChI is InChI=1S/C14H22N2O3/c1-11-5-6-12(13(9-11)16(18)19)15-10-14(2,3)7-4-8-17/h5-6,9,15,17H,4,7-8,10H2,1-3H3. The van der Waals surface area contributed by atoms with E-state index in [1.54, 1.807) is 12.1 Å². The number of aliphatic hydroxyl groups excluding tert-OH is 1. The lowest BCUT2D eigenvalue weighted by Crippen LogP contribution is -2.23. The molecule has 0 spiro atoms. The van der Waals surface area contributed by atoms with Gasteiger partial charge in [0, 0.05) is 19.2 Å². The number of aliphatic hydroxyl groups is 1. The molecule has 0 unspecified atom stereocenters. The maximum atomic E-state index is 11.0. The summed E-state index contributed by atoms with van der Waals surface area (Å²) in [5.41, 5.74) is 1.52. The molecule has 0 atom stereocenters. The summed E-state index contributed by atoms with van der Waals surface area (Å²) in [5.74, 6) is 0. The molecule has 0 aliphatic carbocycles. The fourth-order valence-electron chi connectivity index (χ4n) is 1.92. The van der Waals surface area contributed by atoms with Crippen molar-refractivity contribution >= 4 is 11.4 Å². The van der Waals surface area contributed by atoms with Crippen molar-refractivity contribution in [3.63, 3.8) is 0 Å². The third-order valence-corrected chi connectivity index (χ3v) is 3.12. The molecule has 1 aromatic carbocycles. The second-order valence-corrected chi connectivity index (χ2v) is 5.62. The number of anilines is 1. The molecule has 0 saturated heterocycles. The Morgan fingerprint density at radius 2 is 2.11 bits per heavy atom. The van der Waals surface area contributed by atoms with Gasteiger partial charge in [-0.15, -0.1) is 0 Å². The summed E-state index contributed by atoms with van der Waals surface area (Å²) in [5, 5.41) is 23.0.